The summed E-state index contributed by atoms with van der Waals surface area (Å²) in [6.07, 6.45) is 7.97. The highest BCUT2D eigenvalue weighted by atomic mass is 32.2. The van der Waals surface area contributed by atoms with Crippen LogP contribution in [-0.4, -0.2) is 25.6 Å². The number of aromatic nitrogens is 3. The van der Waals surface area contributed by atoms with Gasteiger partial charge in [-0.25, -0.2) is 0 Å². The van der Waals surface area contributed by atoms with Gasteiger partial charge in [0.05, 0.1) is 0 Å². The van der Waals surface area contributed by atoms with Crippen molar-refractivity contribution in [1.29, 1.82) is 0 Å². The number of aliphatic hydroxyl groups is 1. The Balaban J connectivity index is 1.85. The maximum Gasteiger partial charge on any atom is 0.191 e. The molecule has 0 spiro atoms. The van der Waals surface area contributed by atoms with Crippen LogP contribution in [0.15, 0.2) is 5.16 Å². The van der Waals surface area contributed by atoms with Crippen LogP contribution >= 0.6 is 11.8 Å². The first-order chi connectivity index (χ1) is 8.85. The van der Waals surface area contributed by atoms with Crippen molar-refractivity contribution in [3.63, 3.8) is 0 Å². The Morgan fingerprint density at radius 3 is 2.78 bits per heavy atom. The fourth-order valence-electron chi connectivity index (χ4n) is 2.61. The van der Waals surface area contributed by atoms with Gasteiger partial charge in [0.15, 0.2) is 11.0 Å². The number of hydrogen-bond acceptors (Lipinski definition) is 4. The molecule has 1 aromatic rings. The number of hydrogen-bond donors (Lipinski definition) is 1. The average Bonchev–Trinajstić information content (AvgIpc) is 3.00. The molecule has 0 amide bonds. The van der Waals surface area contributed by atoms with E-state index in [2.05, 4.69) is 21.7 Å². The zero-order valence-electron chi connectivity index (χ0n) is 11.1. The van der Waals surface area contributed by atoms with Crippen molar-refractivity contribution in [2.75, 3.05) is 5.75 Å². The number of nitrogens with zero attached hydrogens (tertiary/aromatic N) is 3. The summed E-state index contributed by atoms with van der Waals surface area (Å²) in [5, 5.41) is 18.4. The van der Waals surface area contributed by atoms with Crippen molar-refractivity contribution in [3.05, 3.63) is 5.82 Å². The second-order valence-electron chi connectivity index (χ2n) is 5.00. The molecule has 0 radical (unpaired) electrons. The van der Waals surface area contributed by atoms with Gasteiger partial charge in [-0.3, -0.25) is 0 Å². The van der Waals surface area contributed by atoms with Crippen molar-refractivity contribution < 1.29 is 5.11 Å². The van der Waals surface area contributed by atoms with Crippen molar-refractivity contribution in [3.8, 4) is 0 Å². The molecule has 102 valence electrons. The molecule has 0 unspecified atom stereocenters. The zero-order valence-corrected chi connectivity index (χ0v) is 12.0. The van der Waals surface area contributed by atoms with Crippen LogP contribution in [0.2, 0.25) is 0 Å². The van der Waals surface area contributed by atoms with Crippen LogP contribution in [0.1, 0.15) is 51.3 Å². The summed E-state index contributed by atoms with van der Waals surface area (Å²) >= 11 is 1.79. The first-order valence-electron chi connectivity index (χ1n) is 7.01. The van der Waals surface area contributed by atoms with Gasteiger partial charge in [0, 0.05) is 12.3 Å². The van der Waals surface area contributed by atoms with Crippen molar-refractivity contribution >= 4 is 11.8 Å². The Morgan fingerprint density at radius 1 is 1.33 bits per heavy atom. The van der Waals surface area contributed by atoms with E-state index in [0.717, 1.165) is 29.8 Å². The topological polar surface area (TPSA) is 50.9 Å². The molecule has 18 heavy (non-hydrogen) atoms. The molecule has 0 aromatic carbocycles. The van der Waals surface area contributed by atoms with Crippen molar-refractivity contribution in [1.82, 2.24) is 14.8 Å². The predicted octanol–water partition coefficient (Wildman–Crippen LogP) is 2.85. The van der Waals surface area contributed by atoms with Gasteiger partial charge in [-0.05, 0) is 18.8 Å². The first-order valence-corrected chi connectivity index (χ1v) is 7.99. The molecule has 1 fully saturated rings. The van der Waals surface area contributed by atoms with Gasteiger partial charge in [-0.2, -0.15) is 0 Å². The van der Waals surface area contributed by atoms with Gasteiger partial charge in [-0.15, -0.1) is 10.2 Å². The SMILES string of the molecule is CCCn1c(CO)nnc1SCCC1CCCC1. The zero-order chi connectivity index (χ0) is 12.8. The summed E-state index contributed by atoms with van der Waals surface area (Å²) in [7, 11) is 0. The van der Waals surface area contributed by atoms with E-state index in [1.165, 1.54) is 32.1 Å². The standard InChI is InChI=1S/C13H23N3OS/c1-2-8-16-12(10-17)14-15-13(16)18-9-7-11-5-3-4-6-11/h11,17H,2-10H2,1H3. The molecule has 0 atom stereocenters. The molecule has 5 heteroatoms. The van der Waals surface area contributed by atoms with Crippen LogP contribution < -0.4 is 0 Å². The number of thioether (sulfide) groups is 1. The highest BCUT2D eigenvalue weighted by Gasteiger charge is 2.16. The third kappa shape index (κ3) is 3.48. The third-order valence-electron chi connectivity index (χ3n) is 3.61. The minimum absolute atomic E-state index is 0.0177. The fraction of sp³-hybridized carbons (Fsp3) is 0.846. The third-order valence-corrected chi connectivity index (χ3v) is 4.61. The maximum atomic E-state index is 9.22. The smallest absolute Gasteiger partial charge is 0.191 e. The molecule has 1 aromatic heterocycles. The highest BCUT2D eigenvalue weighted by Crippen LogP contribution is 2.30. The van der Waals surface area contributed by atoms with Crippen molar-refractivity contribution in [2.45, 2.75) is 63.8 Å². The van der Waals surface area contributed by atoms with Crippen LogP contribution in [0.3, 0.4) is 0 Å². The second kappa shape index (κ2) is 7.14. The maximum absolute atomic E-state index is 9.22. The van der Waals surface area contributed by atoms with Crippen LogP contribution in [0.25, 0.3) is 0 Å². The first kappa shape index (κ1) is 13.9. The molecule has 0 bridgehead atoms. The van der Waals surface area contributed by atoms with Gasteiger partial charge in [0.2, 0.25) is 0 Å². The van der Waals surface area contributed by atoms with E-state index in [1.54, 1.807) is 11.8 Å². The fourth-order valence-corrected chi connectivity index (χ4v) is 3.69. The lowest BCUT2D eigenvalue weighted by atomic mass is 10.1. The molecule has 1 aliphatic rings. The Kier molecular flexibility index (Phi) is 5.50. The number of aliphatic hydroxyl groups excluding tert-OH is 1. The Morgan fingerprint density at radius 2 is 2.11 bits per heavy atom. The van der Waals surface area contributed by atoms with E-state index < -0.39 is 0 Å². The molecule has 2 rings (SSSR count). The molecule has 1 aliphatic carbocycles. The van der Waals surface area contributed by atoms with Crippen LogP contribution in [0, 0.1) is 5.92 Å². The molecule has 1 saturated carbocycles. The summed E-state index contributed by atoms with van der Waals surface area (Å²) < 4.78 is 2.05. The summed E-state index contributed by atoms with van der Waals surface area (Å²) in [6.45, 7) is 3.01. The quantitative estimate of drug-likeness (QED) is 0.773. The lowest BCUT2D eigenvalue weighted by Gasteiger charge is -2.09. The monoisotopic (exact) mass is 269 g/mol. The van der Waals surface area contributed by atoms with Crippen LogP contribution in [0.5, 0.6) is 0 Å². The van der Waals surface area contributed by atoms with E-state index in [0.29, 0.717) is 5.82 Å². The van der Waals surface area contributed by atoms with E-state index >= 15 is 0 Å². The van der Waals surface area contributed by atoms with Crippen molar-refractivity contribution in [2.24, 2.45) is 5.92 Å². The summed E-state index contributed by atoms with van der Waals surface area (Å²) in [5.41, 5.74) is 0. The van der Waals surface area contributed by atoms with E-state index in [1.807, 2.05) is 0 Å². The normalized spacial score (nSPS) is 16.6. The minimum atomic E-state index is -0.0177. The van der Waals surface area contributed by atoms with Crippen LogP contribution in [0.4, 0.5) is 0 Å². The molecule has 4 nitrogen and oxygen atoms in total. The van der Waals surface area contributed by atoms with Gasteiger partial charge in [0.1, 0.15) is 6.61 Å². The number of rotatable bonds is 7. The Hall–Kier alpha value is -0.550. The molecule has 0 aliphatic heterocycles. The summed E-state index contributed by atoms with van der Waals surface area (Å²) in [6, 6.07) is 0. The van der Waals surface area contributed by atoms with E-state index in [4.69, 9.17) is 0 Å². The highest BCUT2D eigenvalue weighted by molar-refractivity contribution is 7.99. The molecular formula is C13H23N3OS. The van der Waals surface area contributed by atoms with Gasteiger partial charge < -0.3 is 9.67 Å². The average molecular weight is 269 g/mol. The van der Waals surface area contributed by atoms with E-state index in [9.17, 15) is 5.11 Å². The summed E-state index contributed by atoms with van der Waals surface area (Å²) in [4.78, 5) is 0. The second-order valence-corrected chi connectivity index (χ2v) is 6.06. The molecule has 1 heterocycles. The molecule has 1 N–H and O–H groups in total. The largest absolute Gasteiger partial charge is 0.388 e. The van der Waals surface area contributed by atoms with Gasteiger partial charge in [-0.1, -0.05) is 44.4 Å². The molecule has 0 saturated heterocycles. The minimum Gasteiger partial charge on any atom is -0.388 e. The van der Waals surface area contributed by atoms with E-state index in [-0.39, 0.29) is 6.61 Å². The predicted molar refractivity (Wildman–Crippen MR) is 73.5 cm³/mol. The van der Waals surface area contributed by atoms with Crippen LogP contribution in [-0.2, 0) is 13.2 Å². The summed E-state index contributed by atoms with van der Waals surface area (Å²) in [5.74, 6) is 2.75. The lowest BCUT2D eigenvalue weighted by Crippen LogP contribution is -2.05. The van der Waals surface area contributed by atoms with Gasteiger partial charge in [0.25, 0.3) is 0 Å². The lowest BCUT2D eigenvalue weighted by molar-refractivity contribution is 0.263. The Labute approximate surface area is 113 Å². The Bertz CT molecular complexity index is 361. The molecular weight excluding hydrogens is 246 g/mol. The van der Waals surface area contributed by atoms with Gasteiger partial charge >= 0.3 is 0 Å².